The summed E-state index contributed by atoms with van der Waals surface area (Å²) in [6.07, 6.45) is 0.991. The molecule has 1 amide bonds. The number of carbonyl (C=O) groups is 2. The number of aliphatic carboxylic acids is 1. The number of amides is 1. The van der Waals surface area contributed by atoms with E-state index in [-0.39, 0.29) is 36.3 Å². The lowest BCUT2D eigenvalue weighted by atomic mass is 10.2. The monoisotopic (exact) mass is 449 g/mol. The Morgan fingerprint density at radius 1 is 1.37 bits per heavy atom. The summed E-state index contributed by atoms with van der Waals surface area (Å²) in [7, 11) is 0. The molecule has 1 aliphatic rings. The first-order valence-corrected chi connectivity index (χ1v) is 9.97. The van der Waals surface area contributed by atoms with Crippen LogP contribution in [0.2, 0.25) is 5.02 Å². The average molecular weight is 450 g/mol. The highest BCUT2D eigenvalue weighted by atomic mass is 35.5. The van der Waals surface area contributed by atoms with E-state index in [1.165, 1.54) is 17.0 Å². The van der Waals surface area contributed by atoms with Crippen LogP contribution in [-0.4, -0.2) is 55.3 Å². The zero-order valence-corrected chi connectivity index (χ0v) is 17.0. The molecule has 0 bridgehead atoms. The molecule has 2 aromatic rings. The van der Waals surface area contributed by atoms with Crippen molar-refractivity contribution in [2.45, 2.75) is 11.7 Å². The summed E-state index contributed by atoms with van der Waals surface area (Å²) >= 11 is 6.88. The number of nitrogens with one attached hydrogen (secondary N) is 1. The zero-order valence-electron chi connectivity index (χ0n) is 15.4. The van der Waals surface area contributed by atoms with Crippen LogP contribution >= 0.6 is 23.4 Å². The van der Waals surface area contributed by atoms with Gasteiger partial charge in [0.25, 0.3) is 5.69 Å². The number of aromatic nitrogens is 1. The van der Waals surface area contributed by atoms with Gasteiger partial charge in [0.1, 0.15) is 17.3 Å². The van der Waals surface area contributed by atoms with E-state index >= 15 is 0 Å². The number of benzene rings is 1. The third-order valence-electron chi connectivity index (χ3n) is 4.07. The molecule has 1 fully saturated rings. The van der Waals surface area contributed by atoms with E-state index in [1.807, 2.05) is 0 Å². The van der Waals surface area contributed by atoms with Gasteiger partial charge in [0, 0.05) is 24.2 Å². The molecular weight excluding hydrogens is 434 g/mol. The molecule has 2 N–H and O–H groups in total. The highest BCUT2D eigenvalue weighted by Gasteiger charge is 2.35. The number of amidine groups is 1. The topological polar surface area (TPSA) is 138 Å². The number of halogens is 1. The van der Waals surface area contributed by atoms with E-state index in [2.05, 4.69) is 15.3 Å². The number of carboxylic acid groups (broad SMARTS) is 1. The van der Waals surface area contributed by atoms with Gasteiger partial charge in [-0.25, -0.2) is 9.98 Å². The van der Waals surface area contributed by atoms with Crippen molar-refractivity contribution in [3.63, 3.8) is 0 Å². The number of rotatable bonds is 7. The number of hydrogen-bond acceptors (Lipinski definition) is 8. The molecule has 0 saturated carbocycles. The largest absolute Gasteiger partial charge is 0.480 e. The molecule has 0 aliphatic carbocycles. The normalized spacial score (nSPS) is 17.8. The lowest BCUT2D eigenvalue weighted by Crippen LogP contribution is -2.45. The van der Waals surface area contributed by atoms with E-state index in [9.17, 15) is 24.8 Å². The van der Waals surface area contributed by atoms with Crippen molar-refractivity contribution in [3.8, 4) is 0 Å². The number of thioether (sulfide) groups is 1. The second kappa shape index (κ2) is 9.55. The number of nitrogens with zero attached hydrogens (tertiary/aromatic N) is 4. The zero-order chi connectivity index (χ0) is 21.7. The van der Waals surface area contributed by atoms with Gasteiger partial charge in [-0.1, -0.05) is 23.4 Å². The van der Waals surface area contributed by atoms with Crippen molar-refractivity contribution >= 4 is 57.6 Å². The van der Waals surface area contributed by atoms with E-state index < -0.39 is 16.1 Å². The highest BCUT2D eigenvalue weighted by Crippen LogP contribution is 2.29. The van der Waals surface area contributed by atoms with Gasteiger partial charge in [-0.15, -0.1) is 0 Å². The van der Waals surface area contributed by atoms with Crippen LogP contribution in [0.3, 0.4) is 0 Å². The maximum absolute atomic E-state index is 12.6. The van der Waals surface area contributed by atoms with Crippen LogP contribution in [-0.2, 0) is 9.59 Å². The number of hydrogen-bond donors (Lipinski definition) is 2. The fraction of sp³-hybridized carbons (Fsp3) is 0.222. The van der Waals surface area contributed by atoms with Gasteiger partial charge in [-0.2, -0.15) is 0 Å². The molecule has 0 spiro atoms. The molecule has 2 heterocycles. The Labute approximate surface area is 180 Å². The summed E-state index contributed by atoms with van der Waals surface area (Å²) < 4.78 is 0. The smallest absolute Gasteiger partial charge is 0.317 e. The molecule has 10 nitrogen and oxygen atoms in total. The van der Waals surface area contributed by atoms with Crippen molar-refractivity contribution in [2.24, 2.45) is 4.99 Å². The lowest BCUT2D eigenvalue weighted by Gasteiger charge is -2.30. The number of nitro groups is 1. The van der Waals surface area contributed by atoms with Crippen LogP contribution in [0.5, 0.6) is 0 Å². The number of pyridine rings is 1. The fourth-order valence-electron chi connectivity index (χ4n) is 2.57. The predicted octanol–water partition coefficient (Wildman–Crippen LogP) is 3.16. The molecule has 1 atom stereocenters. The van der Waals surface area contributed by atoms with Crippen LogP contribution in [0.15, 0.2) is 47.6 Å². The van der Waals surface area contributed by atoms with Crippen molar-refractivity contribution in [3.05, 3.63) is 57.7 Å². The van der Waals surface area contributed by atoms with Crippen LogP contribution in [0.4, 0.5) is 17.2 Å². The molecule has 1 aromatic heterocycles. The van der Waals surface area contributed by atoms with Crippen LogP contribution in [0, 0.1) is 10.1 Å². The van der Waals surface area contributed by atoms with E-state index in [0.29, 0.717) is 16.5 Å². The minimum atomic E-state index is -1.08. The summed E-state index contributed by atoms with van der Waals surface area (Å²) in [6, 6.07) is 9.42. The Bertz CT molecular complexity index is 983. The second-order valence-electron chi connectivity index (χ2n) is 6.15. The molecule has 3 rings (SSSR count). The highest BCUT2D eigenvalue weighted by molar-refractivity contribution is 8.15. The predicted molar refractivity (Wildman–Crippen MR) is 113 cm³/mol. The first-order chi connectivity index (χ1) is 14.3. The SMILES string of the molecule is O=C(O)[C@H]1CC(=O)N(CCNc2ccc([N+](=O)[O-])cn2)C(=Nc2ccc(Cl)cc2)S1. The molecule has 156 valence electrons. The van der Waals surface area contributed by atoms with E-state index in [1.54, 1.807) is 24.3 Å². The van der Waals surface area contributed by atoms with E-state index in [0.717, 1.165) is 18.0 Å². The Balaban J connectivity index is 1.72. The van der Waals surface area contributed by atoms with Crippen LogP contribution < -0.4 is 5.32 Å². The molecule has 1 aliphatic heterocycles. The van der Waals surface area contributed by atoms with Crippen molar-refractivity contribution in [1.82, 2.24) is 9.88 Å². The van der Waals surface area contributed by atoms with Gasteiger partial charge in [0.2, 0.25) is 5.91 Å². The minimum Gasteiger partial charge on any atom is -0.480 e. The first kappa shape index (κ1) is 21.5. The molecule has 12 heteroatoms. The van der Waals surface area contributed by atoms with Gasteiger partial charge < -0.3 is 10.4 Å². The molecular formula is C18H16ClN5O5S. The number of carbonyl (C=O) groups excluding carboxylic acids is 1. The molecule has 0 unspecified atom stereocenters. The second-order valence-corrected chi connectivity index (χ2v) is 7.76. The van der Waals surface area contributed by atoms with E-state index in [4.69, 9.17) is 11.6 Å². The summed E-state index contributed by atoms with van der Waals surface area (Å²) in [5, 5.41) is 22.9. The van der Waals surface area contributed by atoms with Crippen LogP contribution in [0.25, 0.3) is 0 Å². The Morgan fingerprint density at radius 2 is 2.10 bits per heavy atom. The van der Waals surface area contributed by atoms with Gasteiger partial charge in [0.15, 0.2) is 5.17 Å². The number of aliphatic imine (C=N–C) groups is 1. The molecule has 30 heavy (non-hydrogen) atoms. The average Bonchev–Trinajstić information content (AvgIpc) is 2.71. The molecule has 0 radical (unpaired) electrons. The molecule has 1 saturated heterocycles. The maximum atomic E-state index is 12.6. The van der Waals surface area contributed by atoms with Gasteiger partial charge in [0.05, 0.1) is 17.0 Å². The summed E-state index contributed by atoms with van der Waals surface area (Å²) in [6.45, 7) is 0.498. The standard InChI is InChI=1S/C18H16ClN5O5S/c19-11-1-3-12(4-2-11)22-18-23(16(25)9-14(30-18)17(26)27)8-7-20-15-6-5-13(10-21-15)24(28)29/h1-6,10,14H,7-9H2,(H,20,21)(H,26,27)/t14-/m1/s1. The van der Waals surface area contributed by atoms with Crippen LogP contribution in [0.1, 0.15) is 6.42 Å². The summed E-state index contributed by atoms with van der Waals surface area (Å²) in [5.74, 6) is -1.02. The van der Waals surface area contributed by atoms with Gasteiger partial charge >= 0.3 is 5.97 Å². The van der Waals surface area contributed by atoms with Crippen molar-refractivity contribution < 1.29 is 19.6 Å². The third-order valence-corrected chi connectivity index (χ3v) is 5.49. The lowest BCUT2D eigenvalue weighted by molar-refractivity contribution is -0.385. The number of carboxylic acids is 1. The third kappa shape index (κ3) is 5.45. The van der Waals surface area contributed by atoms with Crippen molar-refractivity contribution in [2.75, 3.05) is 18.4 Å². The van der Waals surface area contributed by atoms with Gasteiger partial charge in [-0.05, 0) is 30.3 Å². The van der Waals surface area contributed by atoms with Gasteiger partial charge in [-0.3, -0.25) is 24.6 Å². The quantitative estimate of drug-likeness (QED) is 0.485. The Morgan fingerprint density at radius 3 is 2.70 bits per heavy atom. The number of anilines is 1. The maximum Gasteiger partial charge on any atom is 0.317 e. The minimum absolute atomic E-state index is 0.125. The fourth-order valence-corrected chi connectivity index (χ4v) is 3.76. The summed E-state index contributed by atoms with van der Waals surface area (Å²) in [4.78, 5) is 43.9. The summed E-state index contributed by atoms with van der Waals surface area (Å²) in [5.41, 5.74) is 0.413. The Hall–Kier alpha value is -3.18. The van der Waals surface area contributed by atoms with Crippen molar-refractivity contribution in [1.29, 1.82) is 0 Å². The Kier molecular flexibility index (Phi) is 6.85. The first-order valence-electron chi connectivity index (χ1n) is 8.72. The molecule has 1 aromatic carbocycles.